The number of ether oxygens (including phenoxy) is 2. The van der Waals surface area contributed by atoms with Gasteiger partial charge in [0, 0.05) is 13.1 Å². The van der Waals surface area contributed by atoms with Crippen LogP contribution in [0.4, 0.5) is 0 Å². The first-order valence-corrected chi connectivity index (χ1v) is 4.04. The maximum atomic E-state index is 5.53. The Morgan fingerprint density at radius 2 is 2.42 bits per heavy atom. The van der Waals surface area contributed by atoms with Crippen molar-refractivity contribution in [2.75, 3.05) is 13.2 Å². The van der Waals surface area contributed by atoms with Crippen molar-refractivity contribution in [1.29, 1.82) is 0 Å². The van der Waals surface area contributed by atoms with E-state index in [1.807, 2.05) is 13.8 Å². The fourth-order valence-corrected chi connectivity index (χ4v) is 1.15. The van der Waals surface area contributed by atoms with Gasteiger partial charge in [-0.05, 0) is 13.8 Å². The van der Waals surface area contributed by atoms with Crippen LogP contribution in [-0.4, -0.2) is 31.8 Å². The highest BCUT2D eigenvalue weighted by Crippen LogP contribution is 2.23. The van der Waals surface area contributed by atoms with Crippen LogP contribution in [0, 0.1) is 0 Å². The van der Waals surface area contributed by atoms with Gasteiger partial charge in [-0.1, -0.05) is 0 Å². The summed E-state index contributed by atoms with van der Waals surface area (Å²) >= 11 is 0. The van der Waals surface area contributed by atoms with Crippen LogP contribution >= 0.6 is 0 Å². The molecule has 12 heavy (non-hydrogen) atoms. The quantitative estimate of drug-likeness (QED) is 0.364. The molecular weight excluding hydrogens is 158 g/mol. The fourth-order valence-electron chi connectivity index (χ4n) is 1.15. The summed E-state index contributed by atoms with van der Waals surface area (Å²) in [5, 5.41) is 3.29. The van der Waals surface area contributed by atoms with Crippen LogP contribution in [0.5, 0.6) is 0 Å². The van der Waals surface area contributed by atoms with Crippen molar-refractivity contribution < 1.29 is 14.3 Å². The second-order valence-electron chi connectivity index (χ2n) is 3.20. The first-order valence-electron chi connectivity index (χ1n) is 4.04. The molecule has 0 saturated carbocycles. The summed E-state index contributed by atoms with van der Waals surface area (Å²) < 4.78 is 10.9. The molecular formula is C8H15NO3. The number of hydrogen-bond donors (Lipinski definition) is 0. The Balaban J connectivity index is 2.15. The van der Waals surface area contributed by atoms with Gasteiger partial charge in [0.2, 0.25) is 0 Å². The van der Waals surface area contributed by atoms with Crippen molar-refractivity contribution in [3.63, 3.8) is 0 Å². The maximum absolute atomic E-state index is 5.53. The summed E-state index contributed by atoms with van der Waals surface area (Å²) in [6, 6.07) is 0. The highest BCUT2D eigenvalue weighted by atomic mass is 16.7. The van der Waals surface area contributed by atoms with Gasteiger partial charge < -0.3 is 14.3 Å². The van der Waals surface area contributed by atoms with Crippen LogP contribution in [0.3, 0.4) is 0 Å². The zero-order valence-corrected chi connectivity index (χ0v) is 7.58. The first-order chi connectivity index (χ1) is 5.64. The Morgan fingerprint density at radius 1 is 1.67 bits per heavy atom. The summed E-state index contributed by atoms with van der Waals surface area (Å²) in [5.74, 6) is -0.438. The topological polar surface area (TPSA) is 40.0 Å². The van der Waals surface area contributed by atoms with Crippen molar-refractivity contribution in [2.45, 2.75) is 32.2 Å². The molecule has 1 atom stereocenters. The highest BCUT2D eigenvalue weighted by Gasteiger charge is 2.32. The van der Waals surface area contributed by atoms with E-state index in [2.05, 4.69) is 11.9 Å². The maximum Gasteiger partial charge on any atom is 0.163 e. The molecule has 0 spiro atoms. The summed E-state index contributed by atoms with van der Waals surface area (Å²) in [5.41, 5.74) is 0. The Labute approximate surface area is 72.5 Å². The Hall–Kier alpha value is -0.610. The first kappa shape index (κ1) is 9.48. The van der Waals surface area contributed by atoms with Gasteiger partial charge in [-0.15, -0.1) is 5.16 Å². The molecule has 4 nitrogen and oxygen atoms in total. The SMILES string of the molecule is C=NOCCC1COC(C)(C)O1. The molecule has 0 radical (unpaired) electrons. The van der Waals surface area contributed by atoms with E-state index >= 15 is 0 Å². The van der Waals surface area contributed by atoms with E-state index in [9.17, 15) is 0 Å². The molecule has 1 aliphatic heterocycles. The fraction of sp³-hybridized carbons (Fsp3) is 0.875. The zero-order valence-electron chi connectivity index (χ0n) is 7.58. The number of nitrogens with zero attached hydrogens (tertiary/aromatic N) is 1. The minimum absolute atomic E-state index is 0.127. The molecule has 0 aromatic carbocycles. The van der Waals surface area contributed by atoms with Gasteiger partial charge in [0.25, 0.3) is 0 Å². The van der Waals surface area contributed by atoms with Crippen molar-refractivity contribution >= 4 is 6.72 Å². The Morgan fingerprint density at radius 3 is 2.92 bits per heavy atom. The molecule has 0 aromatic heterocycles. The number of oxime groups is 1. The smallest absolute Gasteiger partial charge is 0.163 e. The monoisotopic (exact) mass is 173 g/mol. The summed E-state index contributed by atoms with van der Waals surface area (Å²) in [6.45, 7) is 8.18. The van der Waals surface area contributed by atoms with Crippen LogP contribution < -0.4 is 0 Å². The van der Waals surface area contributed by atoms with Gasteiger partial charge >= 0.3 is 0 Å². The van der Waals surface area contributed by atoms with E-state index in [-0.39, 0.29) is 6.10 Å². The summed E-state index contributed by atoms with van der Waals surface area (Å²) in [7, 11) is 0. The predicted octanol–water partition coefficient (Wildman–Crippen LogP) is 1.16. The van der Waals surface area contributed by atoms with Gasteiger partial charge in [-0.25, -0.2) is 0 Å². The lowest BCUT2D eigenvalue weighted by Gasteiger charge is -2.16. The number of hydrogen-bond acceptors (Lipinski definition) is 4. The molecule has 1 unspecified atom stereocenters. The van der Waals surface area contributed by atoms with Crippen molar-refractivity contribution in [3.8, 4) is 0 Å². The van der Waals surface area contributed by atoms with Crippen LogP contribution in [0.1, 0.15) is 20.3 Å². The van der Waals surface area contributed by atoms with Crippen molar-refractivity contribution in [1.82, 2.24) is 0 Å². The summed E-state index contributed by atoms with van der Waals surface area (Å²) in [4.78, 5) is 4.74. The predicted molar refractivity (Wildman–Crippen MR) is 45.0 cm³/mol. The van der Waals surface area contributed by atoms with E-state index < -0.39 is 5.79 Å². The zero-order chi connectivity index (χ0) is 9.03. The van der Waals surface area contributed by atoms with E-state index in [1.54, 1.807) is 0 Å². The van der Waals surface area contributed by atoms with Crippen LogP contribution in [0.15, 0.2) is 5.16 Å². The molecule has 1 aliphatic rings. The van der Waals surface area contributed by atoms with Gasteiger partial charge in [-0.2, -0.15) is 0 Å². The lowest BCUT2D eigenvalue weighted by atomic mass is 10.3. The molecule has 1 heterocycles. The molecule has 0 N–H and O–H groups in total. The molecule has 0 aliphatic carbocycles. The largest absolute Gasteiger partial charge is 0.396 e. The lowest BCUT2D eigenvalue weighted by Crippen LogP contribution is -2.21. The van der Waals surface area contributed by atoms with Crippen LogP contribution in [-0.2, 0) is 14.3 Å². The molecule has 4 heteroatoms. The average molecular weight is 173 g/mol. The highest BCUT2D eigenvalue weighted by molar-refractivity contribution is 5.21. The molecule has 1 fully saturated rings. The second kappa shape index (κ2) is 3.87. The lowest BCUT2D eigenvalue weighted by molar-refractivity contribution is -0.140. The number of rotatable bonds is 4. The third-order valence-corrected chi connectivity index (χ3v) is 1.69. The molecule has 1 rings (SSSR count). The molecule has 1 saturated heterocycles. The standard InChI is InChI=1S/C8H15NO3/c1-8(2)10-6-7(12-8)4-5-11-9-3/h7H,3-6H2,1-2H3. The van der Waals surface area contributed by atoms with Gasteiger partial charge in [0.05, 0.1) is 12.7 Å². The summed E-state index contributed by atoms with van der Waals surface area (Å²) in [6.07, 6.45) is 0.921. The minimum atomic E-state index is -0.438. The van der Waals surface area contributed by atoms with Gasteiger partial charge in [0.1, 0.15) is 6.61 Å². The normalized spacial score (nSPS) is 27.0. The van der Waals surface area contributed by atoms with E-state index in [4.69, 9.17) is 14.3 Å². The Kier molecular flexibility index (Phi) is 3.05. The molecule has 0 aromatic rings. The van der Waals surface area contributed by atoms with Crippen molar-refractivity contribution in [2.24, 2.45) is 5.16 Å². The minimum Gasteiger partial charge on any atom is -0.396 e. The van der Waals surface area contributed by atoms with E-state index in [0.717, 1.165) is 6.42 Å². The van der Waals surface area contributed by atoms with E-state index in [0.29, 0.717) is 13.2 Å². The molecule has 0 bridgehead atoms. The van der Waals surface area contributed by atoms with E-state index in [1.165, 1.54) is 0 Å². The van der Waals surface area contributed by atoms with Crippen molar-refractivity contribution in [3.05, 3.63) is 0 Å². The third-order valence-electron chi connectivity index (χ3n) is 1.69. The third kappa shape index (κ3) is 2.79. The Bertz CT molecular complexity index is 158. The van der Waals surface area contributed by atoms with Crippen LogP contribution in [0.25, 0.3) is 0 Å². The second-order valence-corrected chi connectivity index (χ2v) is 3.20. The molecule has 70 valence electrons. The van der Waals surface area contributed by atoms with Crippen LogP contribution in [0.2, 0.25) is 0 Å². The van der Waals surface area contributed by atoms with Gasteiger partial charge in [-0.3, -0.25) is 0 Å². The van der Waals surface area contributed by atoms with Gasteiger partial charge in [0.15, 0.2) is 5.79 Å². The average Bonchev–Trinajstić information content (AvgIpc) is 2.31. The molecule has 0 amide bonds.